The van der Waals surface area contributed by atoms with Gasteiger partial charge in [-0.05, 0) is 37.4 Å². The van der Waals surface area contributed by atoms with Gasteiger partial charge in [0.1, 0.15) is 0 Å². The van der Waals surface area contributed by atoms with E-state index in [1.807, 2.05) is 16.9 Å². The largest absolute Gasteiger partial charge is 0.311 e. The fourth-order valence-electron chi connectivity index (χ4n) is 1.85. The average Bonchev–Trinajstić information content (AvgIpc) is 2.98. The van der Waals surface area contributed by atoms with Gasteiger partial charge >= 0.3 is 0 Å². The number of nitrogens with one attached hydrogen (secondary N) is 1. The normalized spacial score (nSPS) is 11.1. The van der Waals surface area contributed by atoms with E-state index in [0.29, 0.717) is 0 Å². The molecule has 0 amide bonds. The Morgan fingerprint density at radius 3 is 2.68 bits per heavy atom. The van der Waals surface area contributed by atoms with Crippen LogP contribution in [0.1, 0.15) is 12.5 Å². The van der Waals surface area contributed by atoms with Crippen molar-refractivity contribution in [2.45, 2.75) is 13.5 Å². The maximum absolute atomic E-state index is 4.22. The number of aromatic nitrogens is 2. The maximum atomic E-state index is 4.22. The summed E-state index contributed by atoms with van der Waals surface area (Å²) in [4.78, 5) is 2.30. The van der Waals surface area contributed by atoms with E-state index in [-0.39, 0.29) is 0 Å². The van der Waals surface area contributed by atoms with Gasteiger partial charge in [-0.15, -0.1) is 0 Å². The van der Waals surface area contributed by atoms with Crippen LogP contribution in [-0.4, -0.2) is 41.4 Å². The number of hydrogen-bond donors (Lipinski definition) is 1. The molecule has 2 aromatic rings. The van der Waals surface area contributed by atoms with Crippen molar-refractivity contribution in [2.24, 2.45) is 0 Å². The third-order valence-electron chi connectivity index (χ3n) is 3.24. The molecule has 19 heavy (non-hydrogen) atoms. The molecule has 0 saturated heterocycles. The van der Waals surface area contributed by atoms with Crippen LogP contribution >= 0.6 is 0 Å². The van der Waals surface area contributed by atoms with E-state index in [1.54, 1.807) is 6.20 Å². The maximum Gasteiger partial charge on any atom is 0.0645 e. The Bertz CT molecular complexity index is 461. The zero-order valence-electron chi connectivity index (χ0n) is 11.7. The molecular formula is C15H22N4. The summed E-state index contributed by atoms with van der Waals surface area (Å²) in [6, 6.07) is 10.4. The van der Waals surface area contributed by atoms with Crippen molar-refractivity contribution in [2.75, 3.05) is 26.7 Å². The quantitative estimate of drug-likeness (QED) is 0.770. The fourth-order valence-corrected chi connectivity index (χ4v) is 1.85. The Labute approximate surface area is 115 Å². The predicted octanol–water partition coefficient (Wildman–Crippen LogP) is 1.91. The van der Waals surface area contributed by atoms with Crippen LogP contribution in [0.2, 0.25) is 0 Å². The topological polar surface area (TPSA) is 33.1 Å². The molecule has 0 atom stereocenters. The van der Waals surface area contributed by atoms with Gasteiger partial charge < -0.3 is 10.2 Å². The first-order valence-corrected chi connectivity index (χ1v) is 6.78. The highest BCUT2D eigenvalue weighted by molar-refractivity contribution is 5.33. The lowest BCUT2D eigenvalue weighted by molar-refractivity contribution is 0.349. The minimum atomic E-state index is 0.914. The summed E-state index contributed by atoms with van der Waals surface area (Å²) in [7, 11) is 2.14. The summed E-state index contributed by atoms with van der Waals surface area (Å²) < 4.78 is 1.87. The predicted molar refractivity (Wildman–Crippen MR) is 78.4 cm³/mol. The van der Waals surface area contributed by atoms with Crippen molar-refractivity contribution in [3.05, 3.63) is 48.3 Å². The molecule has 102 valence electrons. The van der Waals surface area contributed by atoms with Gasteiger partial charge in [-0.3, -0.25) is 0 Å². The molecule has 1 N–H and O–H groups in total. The molecule has 0 saturated carbocycles. The molecule has 4 heteroatoms. The molecule has 0 radical (unpaired) electrons. The first-order valence-electron chi connectivity index (χ1n) is 6.78. The Morgan fingerprint density at radius 2 is 2.05 bits per heavy atom. The number of rotatable bonds is 7. The van der Waals surface area contributed by atoms with E-state index in [0.717, 1.165) is 31.9 Å². The monoisotopic (exact) mass is 258 g/mol. The fraction of sp³-hybridized carbons (Fsp3) is 0.400. The number of likely N-dealkylation sites (N-methyl/N-ethyl adjacent to an activating group) is 1. The zero-order valence-corrected chi connectivity index (χ0v) is 11.7. The van der Waals surface area contributed by atoms with Gasteiger partial charge in [-0.1, -0.05) is 19.1 Å². The van der Waals surface area contributed by atoms with E-state index in [1.165, 1.54) is 5.56 Å². The second-order valence-electron chi connectivity index (χ2n) is 4.69. The highest BCUT2D eigenvalue weighted by atomic mass is 15.3. The molecule has 0 spiro atoms. The van der Waals surface area contributed by atoms with Crippen molar-refractivity contribution in [3.8, 4) is 5.69 Å². The molecule has 4 nitrogen and oxygen atoms in total. The lowest BCUT2D eigenvalue weighted by Crippen LogP contribution is -2.28. The van der Waals surface area contributed by atoms with E-state index >= 15 is 0 Å². The summed E-state index contributed by atoms with van der Waals surface area (Å²) in [5.41, 5.74) is 2.40. The molecule has 0 unspecified atom stereocenters. The lowest BCUT2D eigenvalue weighted by atomic mass is 10.2. The molecule has 0 fully saturated rings. The smallest absolute Gasteiger partial charge is 0.0645 e. The number of benzene rings is 1. The number of hydrogen-bond acceptors (Lipinski definition) is 3. The van der Waals surface area contributed by atoms with Gasteiger partial charge in [-0.2, -0.15) is 5.10 Å². The highest BCUT2D eigenvalue weighted by Gasteiger charge is 1.98. The standard InChI is InChI=1S/C15H22N4/c1-3-18(2)12-10-16-13-14-5-7-15(8-6-14)19-11-4-9-17-19/h4-9,11,16H,3,10,12-13H2,1-2H3. The Hall–Kier alpha value is -1.65. The van der Waals surface area contributed by atoms with Gasteiger partial charge in [0.15, 0.2) is 0 Å². The summed E-state index contributed by atoms with van der Waals surface area (Å²) in [5, 5.41) is 7.67. The molecule has 1 aromatic carbocycles. The van der Waals surface area contributed by atoms with Gasteiger partial charge in [0, 0.05) is 32.0 Å². The first kappa shape index (κ1) is 13.8. The molecule has 0 aliphatic rings. The molecule has 2 rings (SSSR count). The molecule has 1 heterocycles. The summed E-state index contributed by atoms with van der Waals surface area (Å²) in [5.74, 6) is 0. The van der Waals surface area contributed by atoms with Crippen LogP contribution in [0.25, 0.3) is 5.69 Å². The van der Waals surface area contributed by atoms with Gasteiger partial charge in [-0.25, -0.2) is 4.68 Å². The minimum Gasteiger partial charge on any atom is -0.311 e. The second-order valence-corrected chi connectivity index (χ2v) is 4.69. The second kappa shape index (κ2) is 7.07. The minimum absolute atomic E-state index is 0.914. The van der Waals surface area contributed by atoms with Crippen LogP contribution in [0.4, 0.5) is 0 Å². The van der Waals surface area contributed by atoms with Gasteiger partial charge in [0.05, 0.1) is 5.69 Å². The van der Waals surface area contributed by atoms with Crippen molar-refractivity contribution in [3.63, 3.8) is 0 Å². The average molecular weight is 258 g/mol. The lowest BCUT2D eigenvalue weighted by Gasteiger charge is -2.14. The van der Waals surface area contributed by atoms with E-state index < -0.39 is 0 Å². The van der Waals surface area contributed by atoms with Crippen molar-refractivity contribution < 1.29 is 0 Å². The Morgan fingerprint density at radius 1 is 1.26 bits per heavy atom. The van der Waals surface area contributed by atoms with Crippen molar-refractivity contribution in [1.82, 2.24) is 20.0 Å². The summed E-state index contributed by atoms with van der Waals surface area (Å²) in [6.07, 6.45) is 3.74. The van der Waals surface area contributed by atoms with Crippen LogP contribution in [0.15, 0.2) is 42.7 Å². The van der Waals surface area contributed by atoms with Crippen LogP contribution in [0, 0.1) is 0 Å². The van der Waals surface area contributed by atoms with E-state index in [4.69, 9.17) is 0 Å². The van der Waals surface area contributed by atoms with E-state index in [2.05, 4.69) is 53.6 Å². The van der Waals surface area contributed by atoms with Crippen LogP contribution in [0.3, 0.4) is 0 Å². The van der Waals surface area contributed by atoms with Crippen LogP contribution in [0.5, 0.6) is 0 Å². The summed E-state index contributed by atoms with van der Waals surface area (Å²) >= 11 is 0. The molecular weight excluding hydrogens is 236 g/mol. The Balaban J connectivity index is 1.79. The molecule has 1 aromatic heterocycles. The highest BCUT2D eigenvalue weighted by Crippen LogP contribution is 2.08. The first-order chi connectivity index (χ1) is 9.29. The van der Waals surface area contributed by atoms with Crippen LogP contribution < -0.4 is 5.32 Å². The summed E-state index contributed by atoms with van der Waals surface area (Å²) in [6.45, 7) is 6.29. The molecule has 0 aliphatic carbocycles. The molecule has 0 aliphatic heterocycles. The van der Waals surface area contributed by atoms with Crippen molar-refractivity contribution in [1.29, 1.82) is 0 Å². The van der Waals surface area contributed by atoms with Gasteiger partial charge in [0.2, 0.25) is 0 Å². The Kier molecular flexibility index (Phi) is 5.12. The van der Waals surface area contributed by atoms with Gasteiger partial charge in [0.25, 0.3) is 0 Å². The molecule has 0 bridgehead atoms. The third-order valence-corrected chi connectivity index (χ3v) is 3.24. The third kappa shape index (κ3) is 4.19. The van der Waals surface area contributed by atoms with E-state index in [9.17, 15) is 0 Å². The van der Waals surface area contributed by atoms with Crippen molar-refractivity contribution >= 4 is 0 Å². The van der Waals surface area contributed by atoms with Crippen LogP contribution in [-0.2, 0) is 6.54 Å². The number of nitrogens with zero attached hydrogens (tertiary/aromatic N) is 3. The SMILES string of the molecule is CCN(C)CCNCc1ccc(-n2cccn2)cc1. The zero-order chi connectivity index (χ0) is 13.5.